The fourth-order valence-corrected chi connectivity index (χ4v) is 2.22. The standard InChI is InChI=1S/C10H23NS2/c1-4-5-10(9-12)8-11(2)6-7-13-3/h10,12H,4-9H2,1-3H3. The monoisotopic (exact) mass is 221 g/mol. The zero-order valence-corrected chi connectivity index (χ0v) is 10.8. The van der Waals surface area contributed by atoms with Gasteiger partial charge < -0.3 is 4.90 Å². The van der Waals surface area contributed by atoms with E-state index in [9.17, 15) is 0 Å². The molecule has 0 aliphatic rings. The van der Waals surface area contributed by atoms with Crippen molar-refractivity contribution in [3.63, 3.8) is 0 Å². The fourth-order valence-electron chi connectivity index (χ4n) is 1.43. The second-order valence-corrected chi connectivity index (χ2v) is 4.94. The highest BCUT2D eigenvalue weighted by Crippen LogP contribution is 2.09. The molecule has 0 N–H and O–H groups in total. The van der Waals surface area contributed by atoms with Crippen molar-refractivity contribution in [2.24, 2.45) is 5.92 Å². The van der Waals surface area contributed by atoms with Gasteiger partial charge >= 0.3 is 0 Å². The van der Waals surface area contributed by atoms with Gasteiger partial charge in [0.05, 0.1) is 0 Å². The molecule has 0 aromatic carbocycles. The van der Waals surface area contributed by atoms with E-state index in [0.29, 0.717) is 0 Å². The summed E-state index contributed by atoms with van der Waals surface area (Å²) in [5.41, 5.74) is 0. The maximum absolute atomic E-state index is 4.38. The van der Waals surface area contributed by atoms with E-state index >= 15 is 0 Å². The lowest BCUT2D eigenvalue weighted by Crippen LogP contribution is -2.28. The third kappa shape index (κ3) is 7.71. The van der Waals surface area contributed by atoms with Crippen LogP contribution in [0.2, 0.25) is 0 Å². The first-order chi connectivity index (χ1) is 6.24. The van der Waals surface area contributed by atoms with E-state index in [1.807, 2.05) is 11.8 Å². The van der Waals surface area contributed by atoms with E-state index in [0.717, 1.165) is 11.7 Å². The van der Waals surface area contributed by atoms with E-state index in [2.05, 4.69) is 37.8 Å². The van der Waals surface area contributed by atoms with Crippen molar-refractivity contribution < 1.29 is 0 Å². The zero-order chi connectivity index (χ0) is 10.1. The van der Waals surface area contributed by atoms with Crippen LogP contribution in [0.5, 0.6) is 0 Å². The molecular weight excluding hydrogens is 198 g/mol. The van der Waals surface area contributed by atoms with Crippen molar-refractivity contribution in [3.8, 4) is 0 Å². The first-order valence-electron chi connectivity index (χ1n) is 5.02. The van der Waals surface area contributed by atoms with E-state index in [1.54, 1.807) is 0 Å². The minimum atomic E-state index is 0.778. The van der Waals surface area contributed by atoms with Gasteiger partial charge in [-0.05, 0) is 31.4 Å². The van der Waals surface area contributed by atoms with E-state index in [4.69, 9.17) is 0 Å². The van der Waals surface area contributed by atoms with E-state index < -0.39 is 0 Å². The molecule has 0 heterocycles. The van der Waals surface area contributed by atoms with Gasteiger partial charge in [-0.25, -0.2) is 0 Å². The molecule has 0 saturated carbocycles. The lowest BCUT2D eigenvalue weighted by Gasteiger charge is -2.22. The van der Waals surface area contributed by atoms with Crippen molar-refractivity contribution in [2.75, 3.05) is 37.9 Å². The summed E-state index contributed by atoms with van der Waals surface area (Å²) in [4.78, 5) is 2.42. The minimum Gasteiger partial charge on any atom is -0.305 e. The highest BCUT2D eigenvalue weighted by Gasteiger charge is 2.08. The summed E-state index contributed by atoms with van der Waals surface area (Å²) in [5.74, 6) is 3.04. The molecule has 0 bridgehead atoms. The number of rotatable bonds is 8. The Balaban J connectivity index is 3.53. The van der Waals surface area contributed by atoms with Gasteiger partial charge in [-0.2, -0.15) is 24.4 Å². The van der Waals surface area contributed by atoms with Crippen LogP contribution in [-0.2, 0) is 0 Å². The maximum Gasteiger partial charge on any atom is 0.00693 e. The van der Waals surface area contributed by atoms with Crippen LogP contribution in [0.4, 0.5) is 0 Å². The van der Waals surface area contributed by atoms with Crippen LogP contribution in [0.3, 0.4) is 0 Å². The average molecular weight is 221 g/mol. The average Bonchev–Trinajstić information content (AvgIpc) is 2.14. The number of nitrogens with zero attached hydrogens (tertiary/aromatic N) is 1. The third-order valence-electron chi connectivity index (χ3n) is 2.20. The summed E-state index contributed by atoms with van der Waals surface area (Å²) in [5, 5.41) is 0. The smallest absolute Gasteiger partial charge is 0.00693 e. The molecule has 0 saturated heterocycles. The van der Waals surface area contributed by atoms with Crippen molar-refractivity contribution in [1.82, 2.24) is 4.90 Å². The molecule has 1 nitrogen and oxygen atoms in total. The SMILES string of the molecule is CCCC(CS)CN(C)CCSC. The van der Waals surface area contributed by atoms with Gasteiger partial charge in [-0.15, -0.1) is 0 Å². The quantitative estimate of drug-likeness (QED) is 0.628. The van der Waals surface area contributed by atoms with Gasteiger partial charge in [0, 0.05) is 18.8 Å². The molecule has 1 unspecified atom stereocenters. The van der Waals surface area contributed by atoms with Gasteiger partial charge in [0.25, 0.3) is 0 Å². The van der Waals surface area contributed by atoms with Gasteiger partial charge in [0.2, 0.25) is 0 Å². The van der Waals surface area contributed by atoms with E-state index in [-0.39, 0.29) is 0 Å². The number of hydrogen-bond acceptors (Lipinski definition) is 3. The minimum absolute atomic E-state index is 0.778. The molecule has 3 heteroatoms. The summed E-state index contributed by atoms with van der Waals surface area (Å²) in [7, 11) is 2.21. The number of hydrogen-bond donors (Lipinski definition) is 1. The fraction of sp³-hybridized carbons (Fsp3) is 1.00. The highest BCUT2D eigenvalue weighted by atomic mass is 32.2. The predicted molar refractivity (Wildman–Crippen MR) is 68.1 cm³/mol. The van der Waals surface area contributed by atoms with Crippen molar-refractivity contribution in [1.29, 1.82) is 0 Å². The van der Waals surface area contributed by atoms with Crippen molar-refractivity contribution in [3.05, 3.63) is 0 Å². The van der Waals surface area contributed by atoms with Crippen LogP contribution in [0, 0.1) is 5.92 Å². The molecule has 0 aromatic rings. The molecule has 0 aliphatic heterocycles. The Morgan fingerprint density at radius 2 is 2.15 bits per heavy atom. The summed E-state index contributed by atoms with van der Waals surface area (Å²) in [6.07, 6.45) is 4.75. The first kappa shape index (κ1) is 13.7. The number of thioether (sulfide) groups is 1. The Kier molecular flexibility index (Phi) is 9.69. The predicted octanol–water partition coefficient (Wildman–Crippen LogP) is 2.63. The lowest BCUT2D eigenvalue weighted by molar-refractivity contribution is 0.295. The Bertz CT molecular complexity index is 109. The van der Waals surface area contributed by atoms with Crippen molar-refractivity contribution >= 4 is 24.4 Å². The third-order valence-corrected chi connectivity index (χ3v) is 3.31. The topological polar surface area (TPSA) is 3.24 Å². The molecule has 0 aromatic heterocycles. The maximum atomic E-state index is 4.38. The van der Waals surface area contributed by atoms with Crippen LogP contribution >= 0.6 is 24.4 Å². The van der Waals surface area contributed by atoms with Crippen LogP contribution < -0.4 is 0 Å². The zero-order valence-electron chi connectivity index (χ0n) is 9.12. The van der Waals surface area contributed by atoms with Gasteiger partial charge in [0.1, 0.15) is 0 Å². The van der Waals surface area contributed by atoms with Gasteiger partial charge in [0.15, 0.2) is 0 Å². The first-order valence-corrected chi connectivity index (χ1v) is 7.05. The molecule has 0 fully saturated rings. The van der Waals surface area contributed by atoms with Gasteiger partial charge in [-0.1, -0.05) is 13.3 Å². The second-order valence-electron chi connectivity index (χ2n) is 3.59. The molecule has 13 heavy (non-hydrogen) atoms. The van der Waals surface area contributed by atoms with Gasteiger partial charge in [-0.3, -0.25) is 0 Å². The van der Waals surface area contributed by atoms with Crippen molar-refractivity contribution in [2.45, 2.75) is 19.8 Å². The molecule has 80 valence electrons. The Morgan fingerprint density at radius 3 is 2.62 bits per heavy atom. The van der Waals surface area contributed by atoms with Crippen LogP contribution in [-0.4, -0.2) is 42.8 Å². The molecule has 0 aliphatic carbocycles. The van der Waals surface area contributed by atoms with Crippen LogP contribution in [0.25, 0.3) is 0 Å². The normalized spacial score (nSPS) is 13.6. The molecule has 1 atom stereocenters. The largest absolute Gasteiger partial charge is 0.305 e. The Hall–Kier alpha value is 0.660. The second kappa shape index (κ2) is 9.22. The number of thiol groups is 1. The summed E-state index contributed by atoms with van der Waals surface area (Å²) in [6.45, 7) is 4.66. The highest BCUT2D eigenvalue weighted by molar-refractivity contribution is 7.98. The summed E-state index contributed by atoms with van der Waals surface area (Å²) in [6, 6.07) is 0. The van der Waals surface area contributed by atoms with Crippen LogP contribution in [0.15, 0.2) is 0 Å². The summed E-state index contributed by atoms with van der Waals surface area (Å²) >= 11 is 6.30. The van der Waals surface area contributed by atoms with E-state index in [1.165, 1.54) is 31.7 Å². The molecule has 0 rings (SSSR count). The Labute approximate surface area is 93.1 Å². The molecule has 0 radical (unpaired) electrons. The molecule has 0 amide bonds. The van der Waals surface area contributed by atoms with Crippen LogP contribution in [0.1, 0.15) is 19.8 Å². The Morgan fingerprint density at radius 1 is 1.46 bits per heavy atom. The molecular formula is C10H23NS2. The molecule has 0 spiro atoms. The lowest BCUT2D eigenvalue weighted by atomic mass is 10.1. The summed E-state index contributed by atoms with van der Waals surface area (Å²) < 4.78 is 0.